The van der Waals surface area contributed by atoms with Gasteiger partial charge in [-0.15, -0.1) is 5.10 Å². The molecule has 1 aromatic heterocycles. The van der Waals surface area contributed by atoms with Crippen molar-refractivity contribution in [3.05, 3.63) is 75.6 Å². The number of H-pyrrole nitrogens is 1. The third kappa shape index (κ3) is 6.04. The van der Waals surface area contributed by atoms with Gasteiger partial charge in [0.15, 0.2) is 5.82 Å². The first-order valence-corrected chi connectivity index (χ1v) is 15.4. The molecule has 1 aliphatic carbocycles. The number of nitriles is 1. The molecule has 0 unspecified atom stereocenters. The summed E-state index contributed by atoms with van der Waals surface area (Å²) in [5.74, 6) is 0.0620. The molecular weight excluding hydrogens is 570 g/mol. The molecule has 4 N–H and O–H groups in total. The zero-order chi connectivity index (χ0) is 32.4. The Labute approximate surface area is 263 Å². The number of nitrogens with one attached hydrogen (secondary N) is 4. The van der Waals surface area contributed by atoms with Crippen LogP contribution in [0.5, 0.6) is 0 Å². The molecule has 0 spiro atoms. The van der Waals surface area contributed by atoms with Gasteiger partial charge < -0.3 is 20.9 Å². The Morgan fingerprint density at radius 3 is 2.13 bits per heavy atom. The molecule has 236 valence electrons. The summed E-state index contributed by atoms with van der Waals surface area (Å²) >= 11 is 0. The summed E-state index contributed by atoms with van der Waals surface area (Å²) in [5, 5.41) is 34.1. The molecule has 2 aromatic carbocycles. The smallest absolute Gasteiger partial charge is 0.251 e. The van der Waals surface area contributed by atoms with E-state index in [9.17, 15) is 19.6 Å². The van der Waals surface area contributed by atoms with Crippen molar-refractivity contribution in [2.75, 3.05) is 27.2 Å². The minimum atomic E-state index is -0.927. The van der Waals surface area contributed by atoms with Crippen LogP contribution in [0.4, 0.5) is 0 Å². The van der Waals surface area contributed by atoms with Gasteiger partial charge >= 0.3 is 0 Å². The van der Waals surface area contributed by atoms with Gasteiger partial charge in [-0.05, 0) is 94.5 Å². The molecule has 2 heterocycles. The molecule has 0 saturated carbocycles. The molecule has 12 heteroatoms. The zero-order valence-electron chi connectivity index (χ0n) is 26.5. The SMILES string of the molecule is CNC(=O)c1ccc2c(c1)CCc1cc(C(=O)NC)ccc1C2(C[C@@H](NCC(=O)N1CCC[C@H]1C#N)C(C)(C)C)c1nnn[nH]1. The highest BCUT2D eigenvalue weighted by Crippen LogP contribution is 2.48. The second-order valence-corrected chi connectivity index (χ2v) is 12.9. The number of aromatic amines is 1. The lowest BCUT2D eigenvalue weighted by atomic mass is 9.64. The number of aromatic nitrogens is 4. The van der Waals surface area contributed by atoms with Crippen LogP contribution in [0.2, 0.25) is 0 Å². The second kappa shape index (κ2) is 12.8. The molecule has 12 nitrogen and oxygen atoms in total. The monoisotopic (exact) mass is 611 g/mol. The van der Waals surface area contributed by atoms with Gasteiger partial charge in [-0.2, -0.15) is 5.26 Å². The van der Waals surface area contributed by atoms with Gasteiger partial charge in [-0.25, -0.2) is 5.10 Å². The summed E-state index contributed by atoms with van der Waals surface area (Å²) in [7, 11) is 3.22. The molecule has 45 heavy (non-hydrogen) atoms. The van der Waals surface area contributed by atoms with Crippen molar-refractivity contribution in [2.24, 2.45) is 5.41 Å². The number of hydrogen-bond acceptors (Lipinski definition) is 8. The highest BCUT2D eigenvalue weighted by Gasteiger charge is 2.47. The molecule has 2 aliphatic rings. The maximum absolute atomic E-state index is 13.4. The fraction of sp³-hybridized carbons (Fsp3) is 0.485. The minimum Gasteiger partial charge on any atom is -0.355 e. The molecule has 1 fully saturated rings. The van der Waals surface area contributed by atoms with Crippen molar-refractivity contribution in [3.63, 3.8) is 0 Å². The highest BCUT2D eigenvalue weighted by atomic mass is 16.2. The molecule has 5 rings (SSSR count). The van der Waals surface area contributed by atoms with Crippen LogP contribution in [0.25, 0.3) is 0 Å². The lowest BCUT2D eigenvalue weighted by molar-refractivity contribution is -0.130. The van der Waals surface area contributed by atoms with Crippen LogP contribution in [0.3, 0.4) is 0 Å². The summed E-state index contributed by atoms with van der Waals surface area (Å²) in [5.41, 5.74) is 3.70. The van der Waals surface area contributed by atoms with Gasteiger partial charge in [0.05, 0.1) is 18.0 Å². The number of benzene rings is 2. The lowest BCUT2D eigenvalue weighted by Gasteiger charge is -2.42. The zero-order valence-corrected chi connectivity index (χ0v) is 26.5. The maximum Gasteiger partial charge on any atom is 0.251 e. The van der Waals surface area contributed by atoms with Gasteiger partial charge in [0.2, 0.25) is 5.91 Å². The van der Waals surface area contributed by atoms with E-state index in [2.05, 4.69) is 63.4 Å². The number of nitrogens with zero attached hydrogens (tertiary/aromatic N) is 5. The Hall–Kier alpha value is -4.63. The van der Waals surface area contributed by atoms with Gasteiger partial charge in [-0.1, -0.05) is 32.9 Å². The average Bonchev–Trinajstić information content (AvgIpc) is 3.74. The average molecular weight is 612 g/mol. The quantitative estimate of drug-likeness (QED) is 0.301. The fourth-order valence-corrected chi connectivity index (χ4v) is 6.83. The molecule has 3 aromatic rings. The fourth-order valence-electron chi connectivity index (χ4n) is 6.83. The number of amides is 3. The highest BCUT2D eigenvalue weighted by molar-refractivity contribution is 5.95. The molecule has 0 bridgehead atoms. The van der Waals surface area contributed by atoms with Crippen molar-refractivity contribution >= 4 is 17.7 Å². The molecule has 1 aliphatic heterocycles. The predicted octanol–water partition coefficient (Wildman–Crippen LogP) is 2.26. The first-order chi connectivity index (χ1) is 21.5. The predicted molar refractivity (Wildman–Crippen MR) is 167 cm³/mol. The number of hydrogen-bond donors (Lipinski definition) is 4. The Morgan fingerprint density at radius 2 is 1.64 bits per heavy atom. The van der Waals surface area contributed by atoms with E-state index in [0.717, 1.165) is 28.7 Å². The Balaban J connectivity index is 1.67. The van der Waals surface area contributed by atoms with E-state index >= 15 is 0 Å². The van der Waals surface area contributed by atoms with Crippen LogP contribution in [-0.2, 0) is 23.1 Å². The van der Waals surface area contributed by atoms with Gasteiger partial charge in [-0.3, -0.25) is 14.4 Å². The van der Waals surface area contributed by atoms with Crippen molar-refractivity contribution in [3.8, 4) is 6.07 Å². The number of tetrazole rings is 1. The van der Waals surface area contributed by atoms with E-state index in [1.807, 2.05) is 36.4 Å². The molecule has 1 saturated heterocycles. The van der Waals surface area contributed by atoms with Crippen molar-refractivity contribution in [1.29, 1.82) is 5.26 Å². The number of fused-ring (bicyclic) bond motifs is 2. The van der Waals surface area contributed by atoms with E-state index in [1.54, 1.807) is 19.0 Å². The Bertz CT molecular complexity index is 1550. The van der Waals surface area contributed by atoms with Crippen molar-refractivity contribution < 1.29 is 14.4 Å². The Morgan fingerprint density at radius 1 is 1.04 bits per heavy atom. The first-order valence-electron chi connectivity index (χ1n) is 15.4. The van der Waals surface area contributed by atoms with Crippen molar-refractivity contribution in [2.45, 2.75) is 70.4 Å². The van der Waals surface area contributed by atoms with Gasteiger partial charge in [0.25, 0.3) is 11.8 Å². The molecule has 2 atom stereocenters. The maximum atomic E-state index is 13.4. The number of carbonyl (C=O) groups is 3. The lowest BCUT2D eigenvalue weighted by Crippen LogP contribution is -2.51. The van der Waals surface area contributed by atoms with E-state index in [0.29, 0.717) is 49.2 Å². The normalized spacial score (nSPS) is 17.8. The third-order valence-corrected chi connectivity index (χ3v) is 9.30. The Kier molecular flexibility index (Phi) is 9.02. The third-order valence-electron chi connectivity index (χ3n) is 9.30. The summed E-state index contributed by atoms with van der Waals surface area (Å²) in [6.07, 6.45) is 3.23. The summed E-state index contributed by atoms with van der Waals surface area (Å²) in [6, 6.07) is 13.1. The van der Waals surface area contributed by atoms with E-state index in [1.165, 1.54) is 0 Å². The molecule has 3 amide bonds. The van der Waals surface area contributed by atoms with Crippen LogP contribution in [-0.4, -0.2) is 82.5 Å². The summed E-state index contributed by atoms with van der Waals surface area (Å²) in [6.45, 7) is 7.02. The van der Waals surface area contributed by atoms with Gasteiger partial charge in [0, 0.05) is 37.8 Å². The topological polar surface area (TPSA) is 169 Å². The largest absolute Gasteiger partial charge is 0.355 e. The van der Waals surface area contributed by atoms with Crippen LogP contribution >= 0.6 is 0 Å². The molecule has 0 radical (unpaired) electrons. The van der Waals surface area contributed by atoms with Crippen LogP contribution < -0.4 is 16.0 Å². The summed E-state index contributed by atoms with van der Waals surface area (Å²) < 4.78 is 0. The van der Waals surface area contributed by atoms with E-state index < -0.39 is 11.5 Å². The van der Waals surface area contributed by atoms with E-state index in [-0.39, 0.29) is 35.7 Å². The number of carbonyl (C=O) groups excluding carboxylic acids is 3. The van der Waals surface area contributed by atoms with Crippen molar-refractivity contribution in [1.82, 2.24) is 41.5 Å². The molecular formula is C33H41N9O3. The number of aryl methyl sites for hydroxylation is 2. The summed E-state index contributed by atoms with van der Waals surface area (Å²) in [4.78, 5) is 40.4. The number of likely N-dealkylation sites (tertiary alicyclic amines) is 1. The standard InChI is InChI=1S/C33H41N9O3/c1-32(2,3)27(37-19-28(43)42-14-6-7-24(42)18-34)17-33(31-38-40-41-39-31)25-12-10-22(29(44)35-4)15-20(25)8-9-21-16-23(30(45)36-5)11-13-26(21)33/h10-13,15-16,24,27,37H,6-9,14,17,19H2,1-5H3,(H,35,44)(H,36,45)(H,38,39,40,41)/t24-,27+/m0/s1. The number of rotatable bonds is 8. The first kappa shape index (κ1) is 31.8. The minimum absolute atomic E-state index is 0.0792. The van der Waals surface area contributed by atoms with Gasteiger partial charge in [0.1, 0.15) is 6.04 Å². The van der Waals surface area contributed by atoms with Crippen LogP contribution in [0, 0.1) is 16.7 Å². The van der Waals surface area contributed by atoms with E-state index in [4.69, 9.17) is 0 Å². The second-order valence-electron chi connectivity index (χ2n) is 12.9. The van der Waals surface area contributed by atoms with Crippen LogP contribution in [0.15, 0.2) is 36.4 Å². The van der Waals surface area contributed by atoms with Crippen LogP contribution in [0.1, 0.15) is 88.8 Å².